The van der Waals surface area contributed by atoms with Gasteiger partial charge in [0.25, 0.3) is 5.91 Å². The second-order valence-corrected chi connectivity index (χ2v) is 9.39. The molecule has 3 aromatic heterocycles. The number of nitrogens with one attached hydrogen (secondary N) is 1. The smallest absolute Gasteiger partial charge is 0.262 e. The van der Waals surface area contributed by atoms with Gasteiger partial charge in [-0.05, 0) is 43.0 Å². The van der Waals surface area contributed by atoms with Gasteiger partial charge in [-0.2, -0.15) is 5.10 Å². The fourth-order valence-electron chi connectivity index (χ4n) is 5.06. The van der Waals surface area contributed by atoms with Crippen LogP contribution >= 0.6 is 0 Å². The van der Waals surface area contributed by atoms with E-state index in [1.165, 1.54) is 6.20 Å². The number of ether oxygens (including phenoxy) is 2. The van der Waals surface area contributed by atoms with E-state index in [1.807, 2.05) is 35.1 Å². The first-order valence-corrected chi connectivity index (χ1v) is 12.4. The topological polar surface area (TPSA) is 94.4 Å². The van der Waals surface area contributed by atoms with Gasteiger partial charge in [0, 0.05) is 43.0 Å². The van der Waals surface area contributed by atoms with Gasteiger partial charge in [0.2, 0.25) is 5.88 Å². The zero-order valence-corrected chi connectivity index (χ0v) is 20.5. The molecule has 10 heteroatoms. The van der Waals surface area contributed by atoms with Crippen molar-refractivity contribution in [2.75, 3.05) is 38.7 Å². The first-order valence-electron chi connectivity index (χ1n) is 12.4. The number of pyridine rings is 2. The minimum Gasteiger partial charge on any atom is -0.482 e. The summed E-state index contributed by atoms with van der Waals surface area (Å²) in [6.45, 7) is 2.60. The third kappa shape index (κ3) is 4.72. The summed E-state index contributed by atoms with van der Waals surface area (Å²) in [6.07, 6.45) is 7.67. The summed E-state index contributed by atoms with van der Waals surface area (Å²) >= 11 is 0. The number of benzene rings is 1. The number of methoxy groups -OCH3 is 1. The fraction of sp³-hybridized carbons (Fsp3) is 0.333. The summed E-state index contributed by atoms with van der Waals surface area (Å²) in [7, 11) is 1.55. The Hall–Kier alpha value is -4.05. The standard InChI is InChI=1S/C27H27FN6O3/c1-36-26-5-3-22-27(32-26)20(21(28)14-29-22)8-11-33-9-6-19(7-10-33)34-15-18(13-30-34)17-2-4-24-23(12-17)31-25(35)16-37-24/h2-5,12-15,19H,6-11,16H2,1H3,(H,31,35). The lowest BCUT2D eigenvalue weighted by Gasteiger charge is -2.32. The van der Waals surface area contributed by atoms with Crippen molar-refractivity contribution in [3.8, 4) is 22.8 Å². The highest BCUT2D eigenvalue weighted by atomic mass is 19.1. The number of hydrogen-bond acceptors (Lipinski definition) is 7. The normalized spacial score (nSPS) is 16.3. The van der Waals surface area contributed by atoms with Crippen molar-refractivity contribution >= 4 is 22.6 Å². The molecule has 1 amide bonds. The largest absolute Gasteiger partial charge is 0.482 e. The average molecular weight is 503 g/mol. The Labute approximate surface area is 213 Å². The first kappa shape index (κ1) is 23.4. The van der Waals surface area contributed by atoms with Crippen LogP contribution in [-0.2, 0) is 11.2 Å². The van der Waals surface area contributed by atoms with Gasteiger partial charge in [0.05, 0.1) is 42.3 Å². The number of carbonyl (C=O) groups is 1. The van der Waals surface area contributed by atoms with Crippen molar-refractivity contribution in [2.45, 2.75) is 25.3 Å². The van der Waals surface area contributed by atoms with Gasteiger partial charge < -0.3 is 19.7 Å². The van der Waals surface area contributed by atoms with Crippen molar-refractivity contribution in [3.05, 3.63) is 60.3 Å². The highest BCUT2D eigenvalue weighted by Crippen LogP contribution is 2.33. The molecule has 190 valence electrons. The van der Waals surface area contributed by atoms with E-state index in [0.29, 0.717) is 46.4 Å². The maximum absolute atomic E-state index is 14.6. The van der Waals surface area contributed by atoms with Crippen molar-refractivity contribution in [1.82, 2.24) is 24.6 Å². The minimum absolute atomic E-state index is 0.0443. The lowest BCUT2D eigenvalue weighted by molar-refractivity contribution is -0.118. The lowest BCUT2D eigenvalue weighted by Crippen LogP contribution is -2.36. The van der Waals surface area contributed by atoms with Crippen LogP contribution in [0.4, 0.5) is 10.1 Å². The number of amides is 1. The molecule has 0 unspecified atom stereocenters. The summed E-state index contributed by atoms with van der Waals surface area (Å²) < 4.78 is 27.4. The molecule has 0 radical (unpaired) electrons. The third-order valence-corrected chi connectivity index (χ3v) is 7.11. The van der Waals surface area contributed by atoms with E-state index in [-0.39, 0.29) is 18.3 Å². The van der Waals surface area contributed by atoms with Gasteiger partial charge in [-0.1, -0.05) is 6.07 Å². The molecule has 0 aliphatic carbocycles. The number of nitrogens with zero attached hydrogens (tertiary/aromatic N) is 5. The van der Waals surface area contributed by atoms with Crippen LogP contribution in [0.2, 0.25) is 0 Å². The van der Waals surface area contributed by atoms with Crippen LogP contribution < -0.4 is 14.8 Å². The van der Waals surface area contributed by atoms with E-state index in [2.05, 4.69) is 31.5 Å². The van der Waals surface area contributed by atoms with E-state index in [4.69, 9.17) is 9.47 Å². The Kier molecular flexibility index (Phi) is 6.17. The van der Waals surface area contributed by atoms with Crippen LogP contribution in [-0.4, -0.2) is 63.9 Å². The molecule has 6 rings (SSSR count). The lowest BCUT2D eigenvalue weighted by atomic mass is 10.0. The summed E-state index contributed by atoms with van der Waals surface area (Å²) in [6, 6.07) is 9.62. The molecule has 37 heavy (non-hydrogen) atoms. The van der Waals surface area contributed by atoms with Crippen LogP contribution in [0.15, 0.2) is 48.9 Å². The molecular weight excluding hydrogens is 475 g/mol. The average Bonchev–Trinajstić information content (AvgIpc) is 3.42. The molecule has 5 heterocycles. The van der Waals surface area contributed by atoms with Gasteiger partial charge in [-0.25, -0.2) is 9.37 Å². The number of piperidine rings is 1. The van der Waals surface area contributed by atoms with E-state index in [1.54, 1.807) is 13.2 Å². The number of rotatable bonds is 6. The number of likely N-dealkylation sites (tertiary alicyclic amines) is 1. The molecule has 0 saturated carbocycles. The van der Waals surface area contributed by atoms with Crippen LogP contribution in [0, 0.1) is 5.82 Å². The molecule has 1 fully saturated rings. The number of carbonyl (C=O) groups excluding carboxylic acids is 1. The van der Waals surface area contributed by atoms with Gasteiger partial charge in [0.15, 0.2) is 6.61 Å². The maximum atomic E-state index is 14.6. The number of fused-ring (bicyclic) bond motifs is 2. The quantitative estimate of drug-likeness (QED) is 0.428. The summed E-state index contributed by atoms with van der Waals surface area (Å²) in [5.74, 6) is 0.648. The maximum Gasteiger partial charge on any atom is 0.262 e. The molecule has 0 spiro atoms. The Morgan fingerprint density at radius 1 is 1.16 bits per heavy atom. The van der Waals surface area contributed by atoms with E-state index in [9.17, 15) is 9.18 Å². The van der Waals surface area contributed by atoms with Crippen molar-refractivity contribution in [2.24, 2.45) is 0 Å². The van der Waals surface area contributed by atoms with E-state index in [0.717, 1.165) is 43.6 Å². The summed E-state index contributed by atoms with van der Waals surface area (Å²) in [4.78, 5) is 22.6. The predicted octanol–water partition coefficient (Wildman–Crippen LogP) is 3.85. The number of hydrogen-bond donors (Lipinski definition) is 1. The molecule has 2 aliphatic heterocycles. The first-order chi connectivity index (χ1) is 18.1. The van der Waals surface area contributed by atoms with E-state index < -0.39 is 0 Å². The van der Waals surface area contributed by atoms with Gasteiger partial charge in [-0.15, -0.1) is 0 Å². The van der Waals surface area contributed by atoms with Crippen LogP contribution in [0.5, 0.6) is 11.6 Å². The Balaban J connectivity index is 1.09. The molecule has 4 aromatic rings. The van der Waals surface area contributed by atoms with Gasteiger partial charge in [0.1, 0.15) is 11.6 Å². The molecule has 1 saturated heterocycles. The monoisotopic (exact) mass is 502 g/mol. The van der Waals surface area contributed by atoms with Gasteiger partial charge in [-0.3, -0.25) is 14.5 Å². The molecule has 9 nitrogen and oxygen atoms in total. The summed E-state index contributed by atoms with van der Waals surface area (Å²) in [5, 5.41) is 7.48. The molecular formula is C27H27FN6O3. The number of halogens is 1. The Bertz CT molecular complexity index is 1460. The Morgan fingerprint density at radius 2 is 2.03 bits per heavy atom. The fourth-order valence-corrected chi connectivity index (χ4v) is 5.06. The highest BCUT2D eigenvalue weighted by Gasteiger charge is 2.23. The molecule has 1 N–H and O–H groups in total. The number of aromatic nitrogens is 4. The third-order valence-electron chi connectivity index (χ3n) is 7.11. The predicted molar refractivity (Wildman–Crippen MR) is 136 cm³/mol. The minimum atomic E-state index is -0.333. The SMILES string of the molecule is COc1ccc2ncc(F)c(CCN3CCC(n4cc(-c5ccc6c(c5)NC(=O)CO6)cn4)CC3)c2n1. The number of anilines is 1. The molecule has 0 atom stereocenters. The van der Waals surface area contributed by atoms with Crippen molar-refractivity contribution < 1.29 is 18.7 Å². The van der Waals surface area contributed by atoms with Crippen molar-refractivity contribution in [1.29, 1.82) is 0 Å². The second kappa shape index (κ2) is 9.78. The zero-order valence-electron chi connectivity index (χ0n) is 20.5. The molecule has 0 bridgehead atoms. The second-order valence-electron chi connectivity index (χ2n) is 9.39. The molecule has 2 aliphatic rings. The van der Waals surface area contributed by atoms with E-state index >= 15 is 0 Å². The summed E-state index contributed by atoms with van der Waals surface area (Å²) in [5.41, 5.74) is 4.46. The van der Waals surface area contributed by atoms with Crippen molar-refractivity contribution in [3.63, 3.8) is 0 Å². The highest BCUT2D eigenvalue weighted by molar-refractivity contribution is 5.96. The Morgan fingerprint density at radius 3 is 2.86 bits per heavy atom. The van der Waals surface area contributed by atoms with Crippen LogP contribution in [0.3, 0.4) is 0 Å². The zero-order chi connectivity index (χ0) is 25.4. The van der Waals surface area contributed by atoms with Crippen LogP contribution in [0.1, 0.15) is 24.4 Å². The molecule has 1 aromatic carbocycles. The van der Waals surface area contributed by atoms with Gasteiger partial charge >= 0.3 is 0 Å². The van der Waals surface area contributed by atoms with Crippen LogP contribution in [0.25, 0.3) is 22.2 Å².